The molecule has 11 heteroatoms. The van der Waals surface area contributed by atoms with Crippen molar-refractivity contribution in [2.24, 2.45) is 4.99 Å². The van der Waals surface area contributed by atoms with Crippen molar-refractivity contribution in [1.82, 2.24) is 15.6 Å². The number of aromatic nitrogens is 1. The molecule has 0 saturated heterocycles. The zero-order valence-corrected chi connectivity index (χ0v) is 15.2. The van der Waals surface area contributed by atoms with E-state index in [1.165, 1.54) is 25.4 Å². The lowest BCUT2D eigenvalue weighted by atomic mass is 10.1. The first-order valence-corrected chi connectivity index (χ1v) is 8.32. The van der Waals surface area contributed by atoms with Gasteiger partial charge in [0.15, 0.2) is 12.6 Å². The van der Waals surface area contributed by atoms with E-state index in [9.17, 15) is 26.3 Å². The van der Waals surface area contributed by atoms with Crippen LogP contribution in [0.2, 0.25) is 0 Å². The van der Waals surface area contributed by atoms with Gasteiger partial charge in [0.25, 0.3) is 0 Å². The van der Waals surface area contributed by atoms with Crippen LogP contribution in [0.4, 0.5) is 26.3 Å². The summed E-state index contributed by atoms with van der Waals surface area (Å²) in [5.74, 6) is 0.130. The van der Waals surface area contributed by atoms with Crippen molar-refractivity contribution in [2.75, 3.05) is 13.7 Å². The van der Waals surface area contributed by atoms with Gasteiger partial charge in [-0.05, 0) is 29.3 Å². The lowest BCUT2D eigenvalue weighted by Crippen LogP contribution is -2.36. The van der Waals surface area contributed by atoms with E-state index < -0.39 is 24.5 Å². The molecule has 0 aliphatic carbocycles. The first-order chi connectivity index (χ1) is 13.6. The molecule has 0 aliphatic rings. The van der Waals surface area contributed by atoms with Gasteiger partial charge in [-0.2, -0.15) is 26.3 Å². The number of halogens is 6. The van der Waals surface area contributed by atoms with Crippen LogP contribution in [0.1, 0.15) is 16.7 Å². The number of nitrogens with one attached hydrogen (secondary N) is 2. The molecule has 158 valence electrons. The van der Waals surface area contributed by atoms with Crippen LogP contribution < -0.4 is 15.4 Å². The van der Waals surface area contributed by atoms with Crippen molar-refractivity contribution in [1.29, 1.82) is 0 Å². The molecule has 0 atom stereocenters. The first-order valence-electron chi connectivity index (χ1n) is 8.32. The normalized spacial score (nSPS) is 12.6. The number of hydrogen-bond donors (Lipinski definition) is 2. The Kier molecular flexibility index (Phi) is 7.29. The number of benzene rings is 1. The third-order valence-corrected chi connectivity index (χ3v) is 3.58. The molecule has 0 amide bonds. The quantitative estimate of drug-likeness (QED) is 0.423. The Morgan fingerprint density at radius 1 is 1.00 bits per heavy atom. The number of alkyl halides is 6. The number of nitrogens with zero attached hydrogens (tertiary/aromatic N) is 2. The van der Waals surface area contributed by atoms with Crippen molar-refractivity contribution in [3.8, 4) is 5.88 Å². The molecule has 1 aromatic carbocycles. The van der Waals surface area contributed by atoms with E-state index >= 15 is 0 Å². The summed E-state index contributed by atoms with van der Waals surface area (Å²) >= 11 is 0. The molecule has 2 N–H and O–H groups in total. The highest BCUT2D eigenvalue weighted by Gasteiger charge is 2.30. The van der Waals surface area contributed by atoms with E-state index in [1.54, 1.807) is 12.1 Å². The first kappa shape index (κ1) is 22.3. The van der Waals surface area contributed by atoms with Gasteiger partial charge in [0.05, 0.1) is 5.56 Å². The molecule has 0 saturated carbocycles. The van der Waals surface area contributed by atoms with Crippen molar-refractivity contribution >= 4 is 5.96 Å². The van der Waals surface area contributed by atoms with Crippen LogP contribution in [0, 0.1) is 0 Å². The zero-order chi connectivity index (χ0) is 21.5. The smallest absolute Gasteiger partial charge is 0.422 e. The molecule has 5 nitrogen and oxygen atoms in total. The second-order valence-electron chi connectivity index (χ2n) is 5.88. The minimum Gasteiger partial charge on any atom is -0.468 e. The van der Waals surface area contributed by atoms with Crippen molar-refractivity contribution in [3.63, 3.8) is 0 Å². The van der Waals surface area contributed by atoms with Crippen LogP contribution in [0.3, 0.4) is 0 Å². The molecule has 0 aliphatic heterocycles. The van der Waals surface area contributed by atoms with Crippen molar-refractivity contribution in [2.45, 2.75) is 25.4 Å². The predicted octanol–water partition coefficient (Wildman–Crippen LogP) is 3.91. The Hall–Kier alpha value is -2.98. The van der Waals surface area contributed by atoms with E-state index in [4.69, 9.17) is 0 Å². The summed E-state index contributed by atoms with van der Waals surface area (Å²) in [7, 11) is 1.48. The SMILES string of the molecule is CN=C(NCc1cccc(C(F)(F)F)c1)NCc1ccnc(OCC(F)(F)F)c1. The summed E-state index contributed by atoms with van der Waals surface area (Å²) in [6.07, 6.45) is -7.59. The van der Waals surface area contributed by atoms with E-state index in [1.807, 2.05) is 0 Å². The summed E-state index contributed by atoms with van der Waals surface area (Å²) in [5.41, 5.74) is 0.247. The van der Waals surface area contributed by atoms with Crippen molar-refractivity contribution in [3.05, 3.63) is 59.3 Å². The lowest BCUT2D eigenvalue weighted by molar-refractivity contribution is -0.154. The van der Waals surface area contributed by atoms with Crippen LogP contribution in [0.25, 0.3) is 0 Å². The van der Waals surface area contributed by atoms with E-state index in [0.717, 1.165) is 12.1 Å². The largest absolute Gasteiger partial charge is 0.468 e. The Balaban J connectivity index is 1.90. The Morgan fingerprint density at radius 2 is 1.66 bits per heavy atom. The minimum absolute atomic E-state index is 0.0971. The number of pyridine rings is 1. The second kappa shape index (κ2) is 9.48. The summed E-state index contributed by atoms with van der Waals surface area (Å²) in [4.78, 5) is 7.66. The maximum Gasteiger partial charge on any atom is 0.422 e. The maximum atomic E-state index is 12.8. The minimum atomic E-state index is -4.47. The fourth-order valence-corrected chi connectivity index (χ4v) is 2.24. The Bertz CT molecular complexity index is 836. The third-order valence-electron chi connectivity index (χ3n) is 3.58. The van der Waals surface area contributed by atoms with E-state index in [2.05, 4.69) is 25.3 Å². The Morgan fingerprint density at radius 3 is 2.24 bits per heavy atom. The van der Waals surface area contributed by atoms with Crippen LogP contribution in [-0.2, 0) is 19.3 Å². The highest BCUT2D eigenvalue weighted by Crippen LogP contribution is 2.29. The Labute approximate surface area is 162 Å². The molecule has 0 unspecified atom stereocenters. The van der Waals surface area contributed by atoms with Gasteiger partial charge in [0.2, 0.25) is 5.88 Å². The number of ether oxygens (including phenoxy) is 1. The van der Waals surface area contributed by atoms with Crippen LogP contribution >= 0.6 is 0 Å². The van der Waals surface area contributed by atoms with Gasteiger partial charge in [0.1, 0.15) is 0 Å². The second-order valence-corrected chi connectivity index (χ2v) is 5.88. The van der Waals surface area contributed by atoms with Gasteiger partial charge in [0, 0.05) is 32.4 Å². The summed E-state index contributed by atoms with van der Waals surface area (Å²) in [6, 6.07) is 7.80. The molecule has 0 radical (unpaired) electrons. The number of hydrogen-bond acceptors (Lipinski definition) is 3. The molecule has 0 spiro atoms. The average molecular weight is 420 g/mol. The fourth-order valence-electron chi connectivity index (χ4n) is 2.24. The van der Waals surface area contributed by atoms with Gasteiger partial charge < -0.3 is 15.4 Å². The number of rotatable bonds is 6. The molecular formula is C18H18F6N4O. The van der Waals surface area contributed by atoms with Gasteiger partial charge in [-0.25, -0.2) is 4.98 Å². The standard InChI is InChI=1S/C18H18F6N4O/c1-25-16(27-9-12-3-2-4-14(7-12)18(22,23)24)28-10-13-5-6-26-15(8-13)29-11-17(19,20)21/h2-8H,9-11H2,1H3,(H2,25,27,28). The van der Waals surface area contributed by atoms with E-state index in [0.29, 0.717) is 17.1 Å². The van der Waals surface area contributed by atoms with Crippen LogP contribution in [0.15, 0.2) is 47.6 Å². The van der Waals surface area contributed by atoms with Gasteiger partial charge in [-0.3, -0.25) is 4.99 Å². The third kappa shape index (κ3) is 7.88. The lowest BCUT2D eigenvalue weighted by Gasteiger charge is -2.14. The highest BCUT2D eigenvalue weighted by atomic mass is 19.4. The molecule has 1 heterocycles. The predicted molar refractivity (Wildman–Crippen MR) is 94.3 cm³/mol. The molecule has 1 aromatic heterocycles. The van der Waals surface area contributed by atoms with Crippen molar-refractivity contribution < 1.29 is 31.1 Å². The van der Waals surface area contributed by atoms with Gasteiger partial charge in [-0.1, -0.05) is 12.1 Å². The van der Waals surface area contributed by atoms with Gasteiger partial charge >= 0.3 is 12.4 Å². The number of guanidine groups is 1. The summed E-state index contributed by atoms with van der Waals surface area (Å²) in [5, 5.41) is 5.78. The highest BCUT2D eigenvalue weighted by molar-refractivity contribution is 5.79. The molecule has 0 fully saturated rings. The maximum absolute atomic E-state index is 12.8. The monoisotopic (exact) mass is 420 g/mol. The average Bonchev–Trinajstić information content (AvgIpc) is 2.66. The number of aliphatic imine (C=N–C) groups is 1. The summed E-state index contributed by atoms with van der Waals surface area (Å²) < 4.78 is 79.5. The van der Waals surface area contributed by atoms with Crippen LogP contribution in [-0.4, -0.2) is 30.8 Å². The topological polar surface area (TPSA) is 58.5 Å². The molecule has 0 bridgehead atoms. The summed E-state index contributed by atoms with van der Waals surface area (Å²) in [6.45, 7) is -1.16. The van der Waals surface area contributed by atoms with Crippen LogP contribution in [0.5, 0.6) is 5.88 Å². The fraction of sp³-hybridized carbons (Fsp3) is 0.333. The molecule has 2 rings (SSSR count). The molecule has 2 aromatic rings. The molecule has 29 heavy (non-hydrogen) atoms. The molecular weight excluding hydrogens is 402 g/mol. The van der Waals surface area contributed by atoms with E-state index in [-0.39, 0.29) is 19.0 Å². The zero-order valence-electron chi connectivity index (χ0n) is 15.2. The van der Waals surface area contributed by atoms with Gasteiger partial charge in [-0.15, -0.1) is 0 Å².